The van der Waals surface area contributed by atoms with Crippen LogP contribution in [0.5, 0.6) is 0 Å². The van der Waals surface area contributed by atoms with E-state index in [0.717, 1.165) is 49.1 Å². The number of halogens is 2. The predicted molar refractivity (Wildman–Crippen MR) is 141 cm³/mol. The largest absolute Gasteiger partial charge is 0.351 e. The Labute approximate surface area is 216 Å². The van der Waals surface area contributed by atoms with Crippen molar-refractivity contribution in [2.24, 2.45) is 0 Å². The van der Waals surface area contributed by atoms with Gasteiger partial charge in [0.2, 0.25) is 5.91 Å². The number of benzene rings is 2. The number of piperidine rings is 1. The summed E-state index contributed by atoms with van der Waals surface area (Å²) in [5.41, 5.74) is 3.84. The third kappa shape index (κ3) is 5.17. The zero-order valence-corrected chi connectivity index (χ0v) is 21.9. The summed E-state index contributed by atoms with van der Waals surface area (Å²) in [6.07, 6.45) is 2.15. The molecule has 2 aliphatic heterocycles. The molecule has 2 aliphatic rings. The molecule has 0 aliphatic carbocycles. The Kier molecular flexibility index (Phi) is 7.12. The van der Waals surface area contributed by atoms with E-state index in [0.29, 0.717) is 17.0 Å². The Balaban J connectivity index is 1.30. The Morgan fingerprint density at radius 2 is 1.86 bits per heavy atom. The lowest BCUT2D eigenvalue weighted by atomic mass is 9.89. The van der Waals surface area contributed by atoms with Crippen molar-refractivity contribution in [3.63, 3.8) is 0 Å². The fourth-order valence-electron chi connectivity index (χ4n) is 5.74. The first-order chi connectivity index (χ1) is 17.2. The minimum Gasteiger partial charge on any atom is -0.351 e. The van der Waals surface area contributed by atoms with Crippen LogP contribution in [0.15, 0.2) is 42.5 Å². The molecule has 192 valence electrons. The average Bonchev–Trinajstić information content (AvgIpc) is 3.31. The molecule has 0 radical (unpaired) electrons. The second-order valence-electron chi connectivity index (χ2n) is 10.0. The number of hydrogen-bond acceptors (Lipinski definition) is 4. The zero-order valence-electron chi connectivity index (χ0n) is 20.3. The van der Waals surface area contributed by atoms with Gasteiger partial charge in [-0.25, -0.2) is 12.8 Å². The number of rotatable bonds is 6. The molecule has 1 N–H and O–H groups in total. The van der Waals surface area contributed by atoms with E-state index >= 15 is 0 Å². The number of carbonyl (C=O) groups is 1. The summed E-state index contributed by atoms with van der Waals surface area (Å²) in [6.45, 7) is 4.61. The summed E-state index contributed by atoms with van der Waals surface area (Å²) in [4.78, 5) is 15.2. The van der Waals surface area contributed by atoms with Crippen LogP contribution in [-0.4, -0.2) is 54.4 Å². The van der Waals surface area contributed by atoms with Crippen LogP contribution in [0.2, 0.25) is 5.02 Å². The number of nitrogens with one attached hydrogen (secondary N) is 1. The number of fused-ring (bicyclic) bond motifs is 1. The molecule has 5 rings (SSSR count). The molecular weight excluding hydrogens is 501 g/mol. The summed E-state index contributed by atoms with van der Waals surface area (Å²) in [5, 5.41) is 4.52. The quantitative estimate of drug-likeness (QED) is 0.511. The van der Waals surface area contributed by atoms with Crippen molar-refractivity contribution in [2.45, 2.75) is 51.2 Å². The van der Waals surface area contributed by atoms with Gasteiger partial charge < -0.3 is 9.88 Å². The second kappa shape index (κ2) is 10.1. The Morgan fingerprint density at radius 1 is 1.11 bits per heavy atom. The van der Waals surface area contributed by atoms with Crippen molar-refractivity contribution in [1.29, 1.82) is 0 Å². The third-order valence-corrected chi connectivity index (χ3v) is 9.74. The minimum atomic E-state index is -3.05. The van der Waals surface area contributed by atoms with Crippen LogP contribution in [0.3, 0.4) is 0 Å². The molecule has 36 heavy (non-hydrogen) atoms. The van der Waals surface area contributed by atoms with Crippen LogP contribution in [0.1, 0.15) is 42.0 Å². The van der Waals surface area contributed by atoms with E-state index in [1.54, 1.807) is 12.1 Å². The van der Waals surface area contributed by atoms with Gasteiger partial charge in [-0.2, -0.15) is 0 Å². The second-order valence-corrected chi connectivity index (χ2v) is 12.7. The van der Waals surface area contributed by atoms with Gasteiger partial charge in [0.15, 0.2) is 9.84 Å². The highest BCUT2D eigenvalue weighted by Crippen LogP contribution is 2.36. The number of sulfone groups is 1. The lowest BCUT2D eigenvalue weighted by Crippen LogP contribution is -2.37. The molecule has 3 heterocycles. The van der Waals surface area contributed by atoms with Gasteiger partial charge in [-0.1, -0.05) is 35.9 Å². The van der Waals surface area contributed by atoms with E-state index in [1.165, 1.54) is 11.6 Å². The smallest absolute Gasteiger partial charge is 0.240 e. The summed E-state index contributed by atoms with van der Waals surface area (Å²) in [6, 6.07) is 12.6. The summed E-state index contributed by atoms with van der Waals surface area (Å²) in [5.74, 6) is -0.138. The van der Waals surface area contributed by atoms with E-state index in [2.05, 4.69) is 16.3 Å². The first-order valence-electron chi connectivity index (χ1n) is 12.4. The van der Waals surface area contributed by atoms with Crippen LogP contribution in [0, 0.1) is 12.7 Å². The summed E-state index contributed by atoms with van der Waals surface area (Å²) < 4.78 is 39.9. The van der Waals surface area contributed by atoms with Gasteiger partial charge in [0, 0.05) is 39.8 Å². The maximum absolute atomic E-state index is 14.4. The molecule has 1 aromatic heterocycles. The van der Waals surface area contributed by atoms with Gasteiger partial charge in [0.05, 0.1) is 11.5 Å². The van der Waals surface area contributed by atoms with Crippen LogP contribution < -0.4 is 5.32 Å². The van der Waals surface area contributed by atoms with Gasteiger partial charge in [0.25, 0.3) is 0 Å². The molecule has 2 fully saturated rings. The highest BCUT2D eigenvalue weighted by molar-refractivity contribution is 7.91. The lowest BCUT2D eigenvalue weighted by Gasteiger charge is -2.32. The van der Waals surface area contributed by atoms with Crippen LogP contribution >= 0.6 is 11.6 Å². The number of aromatic nitrogens is 1. The van der Waals surface area contributed by atoms with Gasteiger partial charge in [-0.3, -0.25) is 9.69 Å². The normalized spacial score (nSPS) is 20.7. The molecule has 0 bridgehead atoms. The van der Waals surface area contributed by atoms with Crippen LogP contribution in [0.25, 0.3) is 10.9 Å². The molecule has 1 amide bonds. The van der Waals surface area contributed by atoms with Gasteiger partial charge in [0.1, 0.15) is 12.4 Å². The molecule has 2 aromatic carbocycles. The van der Waals surface area contributed by atoms with Crippen molar-refractivity contribution in [3.8, 4) is 0 Å². The van der Waals surface area contributed by atoms with E-state index in [4.69, 9.17) is 11.6 Å². The summed E-state index contributed by atoms with van der Waals surface area (Å²) in [7, 11) is -3.05. The van der Waals surface area contributed by atoms with Crippen LogP contribution in [0.4, 0.5) is 4.39 Å². The Morgan fingerprint density at radius 3 is 2.56 bits per heavy atom. The maximum Gasteiger partial charge on any atom is 0.240 e. The first-order valence-corrected chi connectivity index (χ1v) is 14.6. The third-order valence-electron chi connectivity index (χ3n) is 7.64. The molecule has 9 heteroatoms. The molecule has 0 spiro atoms. The average molecular weight is 532 g/mol. The van der Waals surface area contributed by atoms with Crippen molar-refractivity contribution in [3.05, 3.63) is 70.1 Å². The van der Waals surface area contributed by atoms with Gasteiger partial charge in [-0.15, -0.1) is 0 Å². The van der Waals surface area contributed by atoms with Crippen molar-refractivity contribution >= 4 is 38.2 Å². The molecule has 1 unspecified atom stereocenters. The van der Waals surface area contributed by atoms with Crippen molar-refractivity contribution in [2.75, 3.05) is 24.6 Å². The molecular formula is C27H31ClFN3O3S. The molecule has 0 saturated carbocycles. The standard InChI is InChI=1S/C27H31ClFN3O3S/c1-18-22(15-31-12-9-19(10-13-31)27-23(28)6-4-7-24(27)29)21-5-2-3-8-25(21)32(18)16-26(33)30-20-11-14-36(34,35)17-20/h2-8,19-20H,9-17H2,1H3,(H,30,33). The number of para-hydroxylation sites is 1. The van der Waals surface area contributed by atoms with E-state index in [1.807, 2.05) is 29.7 Å². The van der Waals surface area contributed by atoms with E-state index in [-0.39, 0.29) is 41.7 Å². The van der Waals surface area contributed by atoms with Crippen molar-refractivity contribution in [1.82, 2.24) is 14.8 Å². The number of amides is 1. The molecule has 6 nitrogen and oxygen atoms in total. The SMILES string of the molecule is Cc1c(CN2CCC(c3c(F)cccc3Cl)CC2)c2ccccc2n1CC(=O)NC1CCS(=O)(=O)C1. The first kappa shape index (κ1) is 25.2. The van der Waals surface area contributed by atoms with E-state index in [9.17, 15) is 17.6 Å². The molecule has 3 aromatic rings. The van der Waals surface area contributed by atoms with E-state index < -0.39 is 9.84 Å². The zero-order chi connectivity index (χ0) is 25.4. The minimum absolute atomic E-state index is 0.0173. The number of hydrogen-bond donors (Lipinski definition) is 1. The number of nitrogens with zero attached hydrogens (tertiary/aromatic N) is 2. The molecule has 2 saturated heterocycles. The maximum atomic E-state index is 14.4. The van der Waals surface area contributed by atoms with Gasteiger partial charge in [-0.05, 0) is 69.0 Å². The van der Waals surface area contributed by atoms with Crippen molar-refractivity contribution < 1.29 is 17.6 Å². The monoisotopic (exact) mass is 531 g/mol. The predicted octanol–water partition coefficient (Wildman–Crippen LogP) is 4.43. The lowest BCUT2D eigenvalue weighted by molar-refractivity contribution is -0.122. The summed E-state index contributed by atoms with van der Waals surface area (Å²) >= 11 is 6.31. The fraction of sp³-hybridized carbons (Fsp3) is 0.444. The highest BCUT2D eigenvalue weighted by Gasteiger charge is 2.30. The highest BCUT2D eigenvalue weighted by atomic mass is 35.5. The van der Waals surface area contributed by atoms with Gasteiger partial charge >= 0.3 is 0 Å². The number of carbonyl (C=O) groups excluding carboxylic acids is 1. The Hall–Kier alpha value is -2.42. The molecule has 1 atom stereocenters. The Bertz CT molecular complexity index is 1380. The topological polar surface area (TPSA) is 71.4 Å². The number of likely N-dealkylation sites (tertiary alicyclic amines) is 1. The fourth-order valence-corrected chi connectivity index (χ4v) is 7.73. The van der Waals surface area contributed by atoms with Crippen LogP contribution in [-0.2, 0) is 27.7 Å².